The van der Waals surface area contributed by atoms with E-state index in [2.05, 4.69) is 10.1 Å². The van der Waals surface area contributed by atoms with Gasteiger partial charge < -0.3 is 18.7 Å². The average Bonchev–Trinajstić information content (AvgIpc) is 3.29. The van der Waals surface area contributed by atoms with Crippen LogP contribution in [0, 0.1) is 12.8 Å². The molecule has 14 heteroatoms. The number of carbonyl (C=O) groups is 1. The summed E-state index contributed by atoms with van der Waals surface area (Å²) in [6, 6.07) is 5.11. The van der Waals surface area contributed by atoms with Crippen molar-refractivity contribution in [3.8, 4) is 5.75 Å². The predicted molar refractivity (Wildman–Crippen MR) is 130 cm³/mol. The molecule has 2 aromatic rings. The van der Waals surface area contributed by atoms with E-state index < -0.39 is 43.5 Å². The molecule has 2 N–H and O–H groups in total. The summed E-state index contributed by atoms with van der Waals surface area (Å²) in [6.07, 6.45) is -0.187. The van der Waals surface area contributed by atoms with Crippen LogP contribution in [-0.4, -0.2) is 48.2 Å². The second-order valence-electron chi connectivity index (χ2n) is 8.51. The highest BCUT2D eigenvalue weighted by atomic mass is 35.5. The van der Waals surface area contributed by atoms with E-state index in [4.69, 9.17) is 34.9 Å². The number of aryl methyl sites for hydroxylation is 1. The number of rotatable bonds is 11. The summed E-state index contributed by atoms with van der Waals surface area (Å²) in [5.41, 5.74) is -0.835. The molecule has 1 aromatic heterocycles. The minimum Gasteiger partial charge on any atom is -0.468 e. The van der Waals surface area contributed by atoms with Crippen molar-refractivity contribution in [3.63, 3.8) is 0 Å². The Morgan fingerprint density at radius 3 is 2.64 bits per heavy atom. The molecule has 1 aliphatic heterocycles. The van der Waals surface area contributed by atoms with Crippen LogP contribution in [0.4, 0.5) is 0 Å². The Morgan fingerprint density at radius 2 is 2.00 bits per heavy atom. The van der Waals surface area contributed by atoms with Crippen LogP contribution < -0.4 is 20.9 Å². The Balaban J connectivity index is 1.75. The highest BCUT2D eigenvalue weighted by molar-refractivity contribution is 7.52. The van der Waals surface area contributed by atoms with Gasteiger partial charge in [0.1, 0.15) is 18.4 Å². The number of carbonyl (C=O) groups excluding carboxylic acids is 1. The Hall–Kier alpha value is -2.47. The number of methoxy groups -OCH3 is 1. The number of nitrogens with one attached hydrogen (secondary N) is 2. The molecule has 1 fully saturated rings. The highest BCUT2D eigenvalue weighted by Gasteiger charge is 2.37. The molecule has 2 unspecified atom stereocenters. The van der Waals surface area contributed by atoms with Gasteiger partial charge in [-0.2, -0.15) is 5.09 Å². The van der Waals surface area contributed by atoms with Gasteiger partial charge in [-0.25, -0.2) is 9.36 Å². The lowest BCUT2D eigenvalue weighted by atomic mass is 10.1. The Labute approximate surface area is 212 Å². The van der Waals surface area contributed by atoms with Gasteiger partial charge in [-0.3, -0.25) is 23.7 Å². The number of hydrogen-bond donors (Lipinski definition) is 2. The van der Waals surface area contributed by atoms with E-state index in [1.165, 1.54) is 30.0 Å². The summed E-state index contributed by atoms with van der Waals surface area (Å²) in [5.74, 6) is -0.384. The normalized spacial score (nSPS) is 20.2. The molecule has 0 aliphatic carbocycles. The second-order valence-corrected chi connectivity index (χ2v) is 10.6. The SMILES string of the molecule is COC(=O)C(CC(C)C)NP(=O)(OC[C@@H]1OC[C@H](n2cc(C)c(=O)[nH]c2=O)O1)Oc1ccc(Cl)cc1. The van der Waals surface area contributed by atoms with Crippen LogP contribution in [0.3, 0.4) is 0 Å². The van der Waals surface area contributed by atoms with Crippen molar-refractivity contribution in [3.05, 3.63) is 61.9 Å². The largest absolute Gasteiger partial charge is 0.468 e. The molecule has 0 spiro atoms. The van der Waals surface area contributed by atoms with E-state index in [0.717, 1.165) is 0 Å². The molecule has 1 saturated heterocycles. The third kappa shape index (κ3) is 7.52. The van der Waals surface area contributed by atoms with Crippen LogP contribution in [-0.2, 0) is 28.1 Å². The molecule has 4 atom stereocenters. The maximum atomic E-state index is 13.7. The maximum absolute atomic E-state index is 13.7. The van der Waals surface area contributed by atoms with Crippen LogP contribution >= 0.6 is 19.3 Å². The van der Waals surface area contributed by atoms with Crippen molar-refractivity contribution < 1.29 is 32.6 Å². The summed E-state index contributed by atoms with van der Waals surface area (Å²) in [6.45, 7) is 4.96. The van der Waals surface area contributed by atoms with Crippen molar-refractivity contribution in [1.29, 1.82) is 0 Å². The number of H-pyrrole nitrogens is 1. The van der Waals surface area contributed by atoms with Gasteiger partial charge in [-0.05, 0) is 43.5 Å². The van der Waals surface area contributed by atoms with Crippen LogP contribution in [0.1, 0.15) is 32.1 Å². The van der Waals surface area contributed by atoms with Gasteiger partial charge >= 0.3 is 19.4 Å². The molecule has 36 heavy (non-hydrogen) atoms. The van der Waals surface area contributed by atoms with Crippen molar-refractivity contribution in [1.82, 2.24) is 14.6 Å². The van der Waals surface area contributed by atoms with Crippen molar-refractivity contribution >= 4 is 25.3 Å². The van der Waals surface area contributed by atoms with E-state index in [1.807, 2.05) is 13.8 Å². The number of esters is 1. The van der Waals surface area contributed by atoms with Crippen LogP contribution in [0.5, 0.6) is 5.75 Å². The quantitative estimate of drug-likeness (QED) is 0.319. The minimum absolute atomic E-state index is 0.0205. The Morgan fingerprint density at radius 1 is 1.31 bits per heavy atom. The van der Waals surface area contributed by atoms with Gasteiger partial charge in [-0.1, -0.05) is 25.4 Å². The first-order valence-electron chi connectivity index (χ1n) is 11.1. The molecule has 0 bridgehead atoms. The zero-order valence-corrected chi connectivity index (χ0v) is 21.9. The number of halogens is 1. The Bertz CT molecular complexity index is 1210. The summed E-state index contributed by atoms with van der Waals surface area (Å²) in [7, 11) is -2.95. The third-order valence-electron chi connectivity index (χ3n) is 5.12. The molecule has 1 aromatic carbocycles. The lowest BCUT2D eigenvalue weighted by molar-refractivity contribution is -0.143. The lowest BCUT2D eigenvalue weighted by Crippen LogP contribution is -2.38. The molecule has 3 rings (SSSR count). The number of aromatic nitrogens is 2. The van der Waals surface area contributed by atoms with E-state index in [0.29, 0.717) is 17.0 Å². The molecule has 2 heterocycles. The van der Waals surface area contributed by atoms with Crippen molar-refractivity contribution in [2.24, 2.45) is 5.92 Å². The molecule has 0 amide bonds. The third-order valence-corrected chi connectivity index (χ3v) is 6.94. The van der Waals surface area contributed by atoms with Gasteiger partial charge in [0, 0.05) is 16.8 Å². The molecule has 198 valence electrons. The molecule has 1 aliphatic rings. The number of nitrogens with zero attached hydrogens (tertiary/aromatic N) is 1. The van der Waals surface area contributed by atoms with Crippen molar-refractivity contribution in [2.75, 3.05) is 20.3 Å². The van der Waals surface area contributed by atoms with Gasteiger partial charge in [0.2, 0.25) is 0 Å². The van der Waals surface area contributed by atoms with E-state index in [-0.39, 0.29) is 24.9 Å². The van der Waals surface area contributed by atoms with E-state index in [9.17, 15) is 18.9 Å². The van der Waals surface area contributed by atoms with Gasteiger partial charge in [-0.15, -0.1) is 0 Å². The highest BCUT2D eigenvalue weighted by Crippen LogP contribution is 2.46. The first kappa shape index (κ1) is 28.1. The van der Waals surface area contributed by atoms with E-state index >= 15 is 0 Å². The number of ether oxygens (including phenoxy) is 3. The average molecular weight is 546 g/mol. The minimum atomic E-state index is -4.17. The smallest absolute Gasteiger partial charge is 0.459 e. The summed E-state index contributed by atoms with van der Waals surface area (Å²) in [4.78, 5) is 38.3. The number of aromatic amines is 1. The summed E-state index contributed by atoms with van der Waals surface area (Å²) < 4.78 is 42.2. The first-order chi connectivity index (χ1) is 17.0. The molecule has 12 nitrogen and oxygen atoms in total. The molecule has 0 saturated carbocycles. The number of hydrogen-bond acceptors (Lipinski definition) is 9. The van der Waals surface area contributed by atoms with E-state index in [1.54, 1.807) is 19.1 Å². The van der Waals surface area contributed by atoms with Crippen LogP contribution in [0.2, 0.25) is 5.02 Å². The second kappa shape index (κ2) is 12.2. The van der Waals surface area contributed by atoms with Gasteiger partial charge in [0.15, 0.2) is 12.5 Å². The zero-order chi connectivity index (χ0) is 26.5. The lowest BCUT2D eigenvalue weighted by Gasteiger charge is -2.26. The fourth-order valence-corrected chi connectivity index (χ4v) is 4.98. The summed E-state index contributed by atoms with van der Waals surface area (Å²) >= 11 is 5.92. The molecular formula is C22H29ClN3O9P. The summed E-state index contributed by atoms with van der Waals surface area (Å²) in [5, 5.41) is 3.11. The predicted octanol–water partition coefficient (Wildman–Crippen LogP) is 2.75. The van der Waals surface area contributed by atoms with Crippen molar-refractivity contribution in [2.45, 2.75) is 45.8 Å². The Kier molecular flexibility index (Phi) is 9.51. The molecular weight excluding hydrogens is 517 g/mol. The monoisotopic (exact) mass is 545 g/mol. The zero-order valence-electron chi connectivity index (χ0n) is 20.3. The van der Waals surface area contributed by atoms with Crippen LogP contribution in [0.15, 0.2) is 40.1 Å². The topological polar surface area (TPSA) is 147 Å². The van der Waals surface area contributed by atoms with Gasteiger partial charge in [0.05, 0.1) is 13.7 Å². The number of benzene rings is 1. The maximum Gasteiger partial charge on any atom is 0.459 e. The van der Waals surface area contributed by atoms with Crippen LogP contribution in [0.25, 0.3) is 0 Å². The standard InChI is InChI=1S/C22H29ClN3O9P/c1-13(2)9-17(21(28)31-4)25-36(30,35-16-7-5-15(23)6-8-16)33-12-19-32-11-18(34-19)26-10-14(3)20(27)24-22(26)29/h5-8,10,13,17-19H,9,11-12H2,1-4H3,(H,25,30)(H,24,27,29)/t17?,18-,19-,36?/m1/s1. The van der Waals surface area contributed by atoms with Gasteiger partial charge in [0.25, 0.3) is 5.56 Å². The first-order valence-corrected chi connectivity index (χ1v) is 13.1. The fraction of sp³-hybridized carbons (Fsp3) is 0.500. The molecule has 0 radical (unpaired) electrons. The fourth-order valence-electron chi connectivity index (χ4n) is 3.37.